The van der Waals surface area contributed by atoms with Crippen LogP contribution >= 0.6 is 0 Å². The Bertz CT molecular complexity index is 589. The molecule has 0 radical (unpaired) electrons. The van der Waals surface area contributed by atoms with Gasteiger partial charge < -0.3 is 9.52 Å². The van der Waals surface area contributed by atoms with Crippen LogP contribution in [0.15, 0.2) is 47.1 Å². The van der Waals surface area contributed by atoms with Crippen LogP contribution in [0.25, 0.3) is 0 Å². The van der Waals surface area contributed by atoms with Crippen molar-refractivity contribution in [3.63, 3.8) is 0 Å². The second-order valence-corrected chi connectivity index (χ2v) is 4.05. The average molecular weight is 259 g/mol. The first-order valence-corrected chi connectivity index (χ1v) is 5.72. The van der Waals surface area contributed by atoms with Crippen LogP contribution in [0, 0.1) is 6.92 Å². The lowest BCUT2D eigenvalue weighted by molar-refractivity contribution is -0.135. The normalized spacial score (nSPS) is 10.2. The Kier molecular flexibility index (Phi) is 3.66. The van der Waals surface area contributed by atoms with Gasteiger partial charge in [0.2, 0.25) is 0 Å². The molecule has 1 aromatic heterocycles. The zero-order chi connectivity index (χ0) is 13.8. The highest BCUT2D eigenvalue weighted by Crippen LogP contribution is 2.19. The van der Waals surface area contributed by atoms with Crippen molar-refractivity contribution in [2.75, 3.05) is 11.4 Å². The SMILES string of the molecule is Cc1ccoc1C(=O)N(CC(=O)O)c1ccccc1. The van der Waals surface area contributed by atoms with E-state index in [-0.39, 0.29) is 5.76 Å². The van der Waals surface area contributed by atoms with Crippen molar-refractivity contribution in [2.24, 2.45) is 0 Å². The summed E-state index contributed by atoms with van der Waals surface area (Å²) in [7, 11) is 0. The van der Waals surface area contributed by atoms with Gasteiger partial charge in [-0.2, -0.15) is 0 Å². The standard InChI is InChI=1S/C14H13NO4/c1-10-7-8-19-13(10)14(18)15(9-12(16)17)11-5-3-2-4-6-11/h2-8H,9H2,1H3,(H,16,17). The van der Waals surface area contributed by atoms with E-state index in [4.69, 9.17) is 9.52 Å². The number of carboxylic acids is 1. The molecule has 1 amide bonds. The van der Waals surface area contributed by atoms with Crippen molar-refractivity contribution in [2.45, 2.75) is 6.92 Å². The fourth-order valence-electron chi connectivity index (χ4n) is 1.74. The van der Waals surface area contributed by atoms with Crippen molar-refractivity contribution >= 4 is 17.6 Å². The maximum absolute atomic E-state index is 12.3. The lowest BCUT2D eigenvalue weighted by Crippen LogP contribution is -2.35. The van der Waals surface area contributed by atoms with Crippen LogP contribution in [0.4, 0.5) is 5.69 Å². The molecular formula is C14H13NO4. The Balaban J connectivity index is 2.36. The molecule has 0 aliphatic heterocycles. The van der Waals surface area contributed by atoms with E-state index >= 15 is 0 Å². The first kappa shape index (κ1) is 12.9. The van der Waals surface area contributed by atoms with Gasteiger partial charge in [-0.1, -0.05) is 18.2 Å². The Morgan fingerprint density at radius 1 is 1.21 bits per heavy atom. The van der Waals surface area contributed by atoms with Crippen LogP contribution in [0.5, 0.6) is 0 Å². The summed E-state index contributed by atoms with van der Waals surface area (Å²) in [6, 6.07) is 10.3. The maximum atomic E-state index is 12.3. The average Bonchev–Trinajstić information content (AvgIpc) is 2.82. The zero-order valence-electron chi connectivity index (χ0n) is 10.4. The van der Waals surface area contributed by atoms with E-state index in [1.807, 2.05) is 0 Å². The van der Waals surface area contributed by atoms with E-state index in [0.29, 0.717) is 11.3 Å². The summed E-state index contributed by atoms with van der Waals surface area (Å²) in [6.07, 6.45) is 1.41. The molecule has 0 aliphatic rings. The van der Waals surface area contributed by atoms with Gasteiger partial charge in [-0.05, 0) is 25.1 Å². The summed E-state index contributed by atoms with van der Waals surface area (Å²) in [6.45, 7) is 1.32. The smallest absolute Gasteiger partial charge is 0.323 e. The second kappa shape index (κ2) is 5.39. The molecule has 0 unspecified atom stereocenters. The summed E-state index contributed by atoms with van der Waals surface area (Å²) in [5.41, 5.74) is 1.20. The molecule has 0 saturated heterocycles. The van der Waals surface area contributed by atoms with Crippen molar-refractivity contribution < 1.29 is 19.1 Å². The molecule has 2 rings (SSSR count). The second-order valence-electron chi connectivity index (χ2n) is 4.05. The van der Waals surface area contributed by atoms with E-state index in [1.165, 1.54) is 11.2 Å². The minimum Gasteiger partial charge on any atom is -0.480 e. The molecular weight excluding hydrogens is 246 g/mol. The number of anilines is 1. The number of carbonyl (C=O) groups excluding carboxylic acids is 1. The van der Waals surface area contributed by atoms with E-state index in [9.17, 15) is 9.59 Å². The molecule has 98 valence electrons. The Labute approximate surface area is 110 Å². The number of aryl methyl sites for hydroxylation is 1. The molecule has 1 aromatic carbocycles. The fraction of sp³-hybridized carbons (Fsp3) is 0.143. The van der Waals surface area contributed by atoms with E-state index in [0.717, 1.165) is 0 Å². The van der Waals surface area contributed by atoms with Crippen LogP contribution in [0.3, 0.4) is 0 Å². The van der Waals surface area contributed by atoms with Gasteiger partial charge in [0.1, 0.15) is 6.54 Å². The molecule has 0 atom stereocenters. The van der Waals surface area contributed by atoms with Crippen molar-refractivity contribution in [1.82, 2.24) is 0 Å². The minimum atomic E-state index is -1.08. The van der Waals surface area contributed by atoms with Crippen LogP contribution in [0.2, 0.25) is 0 Å². The lowest BCUT2D eigenvalue weighted by Gasteiger charge is -2.19. The number of rotatable bonds is 4. The summed E-state index contributed by atoms with van der Waals surface area (Å²) in [5.74, 6) is -1.39. The highest BCUT2D eigenvalue weighted by atomic mass is 16.4. The quantitative estimate of drug-likeness (QED) is 0.914. The summed E-state index contributed by atoms with van der Waals surface area (Å²) < 4.78 is 5.13. The maximum Gasteiger partial charge on any atom is 0.323 e. The lowest BCUT2D eigenvalue weighted by atomic mass is 10.2. The molecule has 0 fully saturated rings. The minimum absolute atomic E-state index is 0.158. The van der Waals surface area contributed by atoms with Gasteiger partial charge in [0.05, 0.1) is 6.26 Å². The number of hydrogen-bond donors (Lipinski definition) is 1. The van der Waals surface area contributed by atoms with Crippen LogP contribution in [-0.2, 0) is 4.79 Å². The molecule has 2 aromatic rings. The molecule has 5 heteroatoms. The van der Waals surface area contributed by atoms with Crippen molar-refractivity contribution in [3.8, 4) is 0 Å². The van der Waals surface area contributed by atoms with Gasteiger partial charge >= 0.3 is 5.97 Å². The van der Waals surface area contributed by atoms with Gasteiger partial charge in [0.25, 0.3) is 5.91 Å². The highest BCUT2D eigenvalue weighted by Gasteiger charge is 2.23. The third kappa shape index (κ3) is 2.82. The molecule has 1 N–H and O–H groups in total. The zero-order valence-corrected chi connectivity index (χ0v) is 10.4. The molecule has 19 heavy (non-hydrogen) atoms. The first-order chi connectivity index (χ1) is 9.09. The fourth-order valence-corrected chi connectivity index (χ4v) is 1.74. The third-order valence-electron chi connectivity index (χ3n) is 2.66. The molecule has 0 spiro atoms. The third-order valence-corrected chi connectivity index (χ3v) is 2.66. The van der Waals surface area contributed by atoms with Gasteiger partial charge in [0, 0.05) is 11.3 Å². The molecule has 5 nitrogen and oxygen atoms in total. The summed E-state index contributed by atoms with van der Waals surface area (Å²) in [5, 5.41) is 8.94. The van der Waals surface area contributed by atoms with Crippen molar-refractivity contribution in [1.29, 1.82) is 0 Å². The van der Waals surface area contributed by atoms with Crippen LogP contribution in [-0.4, -0.2) is 23.5 Å². The number of hydrogen-bond acceptors (Lipinski definition) is 3. The van der Waals surface area contributed by atoms with E-state index in [1.54, 1.807) is 43.3 Å². The predicted octanol–water partition coefficient (Wildman–Crippen LogP) is 2.32. The van der Waals surface area contributed by atoms with Crippen LogP contribution in [0.1, 0.15) is 16.1 Å². The Hall–Kier alpha value is -2.56. The summed E-state index contributed by atoms with van der Waals surface area (Å²) in [4.78, 5) is 24.4. The number of furan rings is 1. The molecule has 1 heterocycles. The van der Waals surface area contributed by atoms with Gasteiger partial charge in [-0.15, -0.1) is 0 Å². The number of benzene rings is 1. The monoisotopic (exact) mass is 259 g/mol. The summed E-state index contributed by atoms with van der Waals surface area (Å²) >= 11 is 0. The largest absolute Gasteiger partial charge is 0.480 e. The molecule has 0 aliphatic carbocycles. The van der Waals surface area contributed by atoms with Gasteiger partial charge in [-0.3, -0.25) is 14.5 Å². The van der Waals surface area contributed by atoms with Gasteiger partial charge in [0.15, 0.2) is 5.76 Å². The van der Waals surface area contributed by atoms with E-state index < -0.39 is 18.4 Å². The number of carboxylic acid groups (broad SMARTS) is 1. The molecule has 0 bridgehead atoms. The number of amides is 1. The number of nitrogens with zero attached hydrogens (tertiary/aromatic N) is 1. The number of carbonyl (C=O) groups is 2. The number of para-hydroxylation sites is 1. The molecule has 0 saturated carbocycles. The Morgan fingerprint density at radius 3 is 2.42 bits per heavy atom. The first-order valence-electron chi connectivity index (χ1n) is 5.72. The predicted molar refractivity (Wildman–Crippen MR) is 69.2 cm³/mol. The van der Waals surface area contributed by atoms with Crippen LogP contribution < -0.4 is 4.90 Å². The van der Waals surface area contributed by atoms with Gasteiger partial charge in [-0.25, -0.2) is 0 Å². The topological polar surface area (TPSA) is 70.8 Å². The van der Waals surface area contributed by atoms with E-state index in [2.05, 4.69) is 0 Å². The Morgan fingerprint density at radius 2 is 1.89 bits per heavy atom. The van der Waals surface area contributed by atoms with Crippen molar-refractivity contribution in [3.05, 3.63) is 54.0 Å². The number of aliphatic carboxylic acids is 1. The highest BCUT2D eigenvalue weighted by molar-refractivity contribution is 6.07.